The first-order valence-electron chi connectivity index (χ1n) is 4.56. The highest BCUT2D eigenvalue weighted by molar-refractivity contribution is 9.11. The number of hydrogen-bond acceptors (Lipinski definition) is 1. The van der Waals surface area contributed by atoms with E-state index in [2.05, 4.69) is 43.8 Å². The lowest BCUT2D eigenvalue weighted by Gasteiger charge is -2.06. The second-order valence-corrected chi connectivity index (χ2v) is 5.41. The Balaban J connectivity index is 2.85. The molecular formula is C11H8Br2ClN. The van der Waals surface area contributed by atoms with Gasteiger partial charge in [-0.2, -0.15) is 0 Å². The van der Waals surface area contributed by atoms with E-state index in [0.29, 0.717) is 0 Å². The van der Waals surface area contributed by atoms with E-state index in [9.17, 15) is 0 Å². The molecule has 15 heavy (non-hydrogen) atoms. The largest absolute Gasteiger partial charge is 0.252 e. The summed E-state index contributed by atoms with van der Waals surface area (Å²) >= 11 is 13.1. The summed E-state index contributed by atoms with van der Waals surface area (Å²) in [5, 5.41) is 1.72. The van der Waals surface area contributed by atoms with Crippen molar-refractivity contribution < 1.29 is 0 Å². The second-order valence-electron chi connectivity index (χ2n) is 3.23. The predicted molar refractivity (Wildman–Crippen MR) is 71.5 cm³/mol. The van der Waals surface area contributed by atoms with Crippen LogP contribution in [0, 0.1) is 0 Å². The zero-order chi connectivity index (χ0) is 11.0. The number of halogens is 3. The Hall–Kier alpha value is -0.120. The topological polar surface area (TPSA) is 12.9 Å². The molecule has 0 saturated carbocycles. The van der Waals surface area contributed by atoms with Gasteiger partial charge in [-0.05, 0) is 40.5 Å². The molecule has 0 bridgehead atoms. The Bertz CT molecular complexity index is 525. The molecule has 0 saturated heterocycles. The number of benzene rings is 1. The number of pyridine rings is 1. The lowest BCUT2D eigenvalue weighted by Crippen LogP contribution is -1.90. The maximum Gasteiger partial charge on any atom is 0.0862 e. The highest BCUT2D eigenvalue weighted by atomic mass is 79.9. The predicted octanol–water partition coefficient (Wildman–Crippen LogP) is 4.98. The highest BCUT2D eigenvalue weighted by Crippen LogP contribution is 2.32. The van der Waals surface area contributed by atoms with Crippen LogP contribution in [0.1, 0.15) is 12.6 Å². The molecule has 1 aromatic carbocycles. The van der Waals surface area contributed by atoms with Crippen LogP contribution in [0.5, 0.6) is 0 Å². The molecule has 0 aliphatic heterocycles. The quantitative estimate of drug-likeness (QED) is 0.708. The minimum absolute atomic E-state index is 0.749. The molecule has 0 aliphatic carbocycles. The van der Waals surface area contributed by atoms with Gasteiger partial charge >= 0.3 is 0 Å². The minimum atomic E-state index is 0.749. The maximum absolute atomic E-state index is 6.20. The van der Waals surface area contributed by atoms with Crippen molar-refractivity contribution >= 4 is 54.4 Å². The lowest BCUT2D eigenvalue weighted by molar-refractivity contribution is 1.06. The summed E-state index contributed by atoms with van der Waals surface area (Å²) in [5.74, 6) is 0. The molecular weight excluding hydrogens is 341 g/mol. The summed E-state index contributed by atoms with van der Waals surface area (Å²) in [5.41, 5.74) is 1.93. The SMILES string of the molecule is CCc1cc(Cl)c2cc(Br)cc(Br)c2n1. The van der Waals surface area contributed by atoms with Gasteiger partial charge in [-0.15, -0.1) is 0 Å². The zero-order valence-corrected chi connectivity index (χ0v) is 11.9. The van der Waals surface area contributed by atoms with Gasteiger partial charge in [-0.25, -0.2) is 0 Å². The summed E-state index contributed by atoms with van der Waals surface area (Å²) in [6.07, 6.45) is 0.887. The van der Waals surface area contributed by atoms with Crippen LogP contribution in [0.25, 0.3) is 10.9 Å². The van der Waals surface area contributed by atoms with Crippen molar-refractivity contribution in [1.82, 2.24) is 4.98 Å². The summed E-state index contributed by atoms with van der Waals surface area (Å²) in [7, 11) is 0. The molecule has 78 valence electrons. The monoisotopic (exact) mass is 347 g/mol. The molecule has 0 unspecified atom stereocenters. The van der Waals surface area contributed by atoms with Crippen LogP contribution in [0.2, 0.25) is 5.02 Å². The van der Waals surface area contributed by atoms with Crippen LogP contribution in [-0.4, -0.2) is 4.98 Å². The van der Waals surface area contributed by atoms with Gasteiger partial charge in [-0.1, -0.05) is 34.5 Å². The van der Waals surface area contributed by atoms with Crippen LogP contribution in [0.15, 0.2) is 27.1 Å². The molecule has 1 nitrogen and oxygen atoms in total. The van der Waals surface area contributed by atoms with E-state index in [1.165, 1.54) is 0 Å². The van der Waals surface area contributed by atoms with E-state index < -0.39 is 0 Å². The van der Waals surface area contributed by atoms with Crippen molar-refractivity contribution in [2.45, 2.75) is 13.3 Å². The number of nitrogens with zero attached hydrogens (tertiary/aromatic N) is 1. The fourth-order valence-electron chi connectivity index (χ4n) is 1.44. The minimum Gasteiger partial charge on any atom is -0.252 e. The van der Waals surface area contributed by atoms with Crippen LogP contribution in [0.3, 0.4) is 0 Å². The van der Waals surface area contributed by atoms with Gasteiger partial charge in [0.25, 0.3) is 0 Å². The van der Waals surface area contributed by atoms with Gasteiger partial charge in [0.1, 0.15) is 0 Å². The maximum atomic E-state index is 6.20. The molecule has 0 aliphatic rings. The van der Waals surface area contributed by atoms with E-state index >= 15 is 0 Å². The van der Waals surface area contributed by atoms with E-state index in [0.717, 1.165) is 37.0 Å². The normalized spacial score (nSPS) is 10.9. The molecule has 2 rings (SSSR count). The third-order valence-corrected chi connectivity index (χ3v) is 3.57. The van der Waals surface area contributed by atoms with E-state index in [-0.39, 0.29) is 0 Å². The third kappa shape index (κ3) is 2.19. The average Bonchev–Trinajstić information content (AvgIpc) is 2.19. The van der Waals surface area contributed by atoms with Crippen LogP contribution in [0.4, 0.5) is 0 Å². The Morgan fingerprint density at radius 2 is 2.00 bits per heavy atom. The molecule has 2 aromatic rings. The Morgan fingerprint density at radius 3 is 2.67 bits per heavy atom. The lowest BCUT2D eigenvalue weighted by atomic mass is 10.2. The van der Waals surface area contributed by atoms with Gasteiger partial charge in [0.15, 0.2) is 0 Å². The van der Waals surface area contributed by atoms with Gasteiger partial charge < -0.3 is 0 Å². The number of aryl methyl sites for hydroxylation is 1. The summed E-state index contributed by atoms with van der Waals surface area (Å²) < 4.78 is 1.96. The first kappa shape index (κ1) is 11.4. The van der Waals surface area contributed by atoms with Gasteiger partial charge in [0.05, 0.1) is 10.5 Å². The van der Waals surface area contributed by atoms with Gasteiger partial charge in [-0.3, -0.25) is 4.98 Å². The first-order chi connectivity index (χ1) is 7.11. The van der Waals surface area contributed by atoms with Crippen molar-refractivity contribution in [3.05, 3.63) is 37.9 Å². The number of rotatable bonds is 1. The van der Waals surface area contributed by atoms with E-state index in [1.54, 1.807) is 0 Å². The van der Waals surface area contributed by atoms with Crippen molar-refractivity contribution in [2.75, 3.05) is 0 Å². The number of aromatic nitrogens is 1. The molecule has 1 aromatic heterocycles. The fourth-order valence-corrected chi connectivity index (χ4v) is 3.03. The Morgan fingerprint density at radius 1 is 1.27 bits per heavy atom. The van der Waals surface area contributed by atoms with Crippen molar-refractivity contribution in [3.8, 4) is 0 Å². The second kappa shape index (κ2) is 4.40. The average molecular weight is 349 g/mol. The Kier molecular flexibility index (Phi) is 3.33. The molecule has 4 heteroatoms. The molecule has 0 N–H and O–H groups in total. The molecule has 0 atom stereocenters. The van der Waals surface area contributed by atoms with Crippen LogP contribution in [-0.2, 0) is 6.42 Å². The summed E-state index contributed by atoms with van der Waals surface area (Å²) in [6, 6.07) is 5.88. The first-order valence-corrected chi connectivity index (χ1v) is 6.52. The standard InChI is InChI=1S/C11H8Br2ClN/c1-2-7-5-10(14)8-3-6(12)4-9(13)11(8)15-7/h3-5H,2H2,1H3. The van der Waals surface area contributed by atoms with Crippen molar-refractivity contribution in [1.29, 1.82) is 0 Å². The molecule has 0 radical (unpaired) electrons. The van der Waals surface area contributed by atoms with Gasteiger partial charge in [0.2, 0.25) is 0 Å². The third-order valence-electron chi connectivity index (χ3n) is 2.20. The fraction of sp³-hybridized carbons (Fsp3) is 0.182. The summed E-state index contributed by atoms with van der Waals surface area (Å²) in [4.78, 5) is 4.54. The van der Waals surface area contributed by atoms with Crippen LogP contribution >= 0.6 is 43.5 Å². The number of fused-ring (bicyclic) bond motifs is 1. The molecule has 0 fully saturated rings. The zero-order valence-electron chi connectivity index (χ0n) is 8.02. The highest BCUT2D eigenvalue weighted by Gasteiger charge is 2.07. The molecule has 0 amide bonds. The summed E-state index contributed by atoms with van der Waals surface area (Å²) in [6.45, 7) is 2.07. The number of hydrogen-bond donors (Lipinski definition) is 0. The van der Waals surface area contributed by atoms with Crippen molar-refractivity contribution in [3.63, 3.8) is 0 Å². The molecule has 1 heterocycles. The Labute approximate surface area is 110 Å². The smallest absolute Gasteiger partial charge is 0.0862 e. The van der Waals surface area contributed by atoms with E-state index in [1.807, 2.05) is 18.2 Å². The molecule has 0 spiro atoms. The van der Waals surface area contributed by atoms with Crippen molar-refractivity contribution in [2.24, 2.45) is 0 Å². The van der Waals surface area contributed by atoms with E-state index in [4.69, 9.17) is 11.6 Å². The van der Waals surface area contributed by atoms with Gasteiger partial charge in [0, 0.05) is 20.0 Å². The van der Waals surface area contributed by atoms with Crippen LogP contribution < -0.4 is 0 Å².